The Labute approximate surface area is 87.8 Å². The molecule has 0 unspecified atom stereocenters. The molecule has 0 aliphatic carbocycles. The average Bonchev–Trinajstić information content (AvgIpc) is 2.27. The zero-order valence-corrected chi connectivity index (χ0v) is 8.87. The molecule has 0 bridgehead atoms. The summed E-state index contributed by atoms with van der Waals surface area (Å²) in [7, 11) is 2.76. The zero-order valence-electron chi connectivity index (χ0n) is 8.87. The molecule has 0 heterocycles. The first-order valence-electron chi connectivity index (χ1n) is 4.37. The first-order chi connectivity index (χ1) is 7.08. The van der Waals surface area contributed by atoms with Gasteiger partial charge in [-0.25, -0.2) is 4.79 Å². The number of hydrogen-bond donors (Lipinski definition) is 0. The van der Waals surface area contributed by atoms with Crippen molar-refractivity contribution in [2.75, 3.05) is 14.2 Å². The molecule has 1 aromatic carbocycles. The summed E-state index contributed by atoms with van der Waals surface area (Å²) < 4.78 is 9.55. The zero-order chi connectivity index (χ0) is 11.4. The molecule has 1 aromatic rings. The van der Waals surface area contributed by atoms with Crippen LogP contribution < -0.4 is 4.74 Å². The summed E-state index contributed by atoms with van der Waals surface area (Å²) in [6, 6.07) is 4.59. The Hall–Kier alpha value is -1.84. The van der Waals surface area contributed by atoms with E-state index in [1.807, 2.05) is 0 Å². The van der Waals surface area contributed by atoms with Crippen LogP contribution in [0.1, 0.15) is 27.6 Å². The van der Waals surface area contributed by atoms with E-state index >= 15 is 0 Å². The van der Waals surface area contributed by atoms with Crippen LogP contribution in [0.25, 0.3) is 0 Å². The smallest absolute Gasteiger partial charge is 0.338 e. The maximum Gasteiger partial charge on any atom is 0.338 e. The lowest BCUT2D eigenvalue weighted by Gasteiger charge is -2.05. The highest BCUT2D eigenvalue weighted by molar-refractivity contribution is 5.98. The van der Waals surface area contributed by atoms with Crippen molar-refractivity contribution in [2.45, 2.75) is 6.92 Å². The van der Waals surface area contributed by atoms with Crippen molar-refractivity contribution in [2.24, 2.45) is 0 Å². The van der Waals surface area contributed by atoms with Gasteiger partial charge in [0.15, 0.2) is 5.78 Å². The van der Waals surface area contributed by atoms with Crippen molar-refractivity contribution < 1.29 is 19.1 Å². The Morgan fingerprint density at radius 2 is 1.67 bits per heavy atom. The number of ketones is 1. The van der Waals surface area contributed by atoms with Crippen LogP contribution in [0, 0.1) is 0 Å². The number of benzene rings is 1. The number of hydrogen-bond acceptors (Lipinski definition) is 4. The van der Waals surface area contributed by atoms with Crippen LogP contribution >= 0.6 is 0 Å². The van der Waals surface area contributed by atoms with Gasteiger partial charge < -0.3 is 9.47 Å². The third-order valence-electron chi connectivity index (χ3n) is 1.97. The SMILES string of the molecule is COC(=O)c1cc(OC)cc(C(C)=O)c1. The molecule has 4 heteroatoms. The van der Waals surface area contributed by atoms with Gasteiger partial charge in [0.2, 0.25) is 0 Å². The minimum absolute atomic E-state index is 0.126. The summed E-state index contributed by atoms with van der Waals surface area (Å²) in [6.45, 7) is 1.43. The largest absolute Gasteiger partial charge is 0.497 e. The lowest BCUT2D eigenvalue weighted by atomic mass is 10.1. The van der Waals surface area contributed by atoms with Crippen molar-refractivity contribution in [3.05, 3.63) is 29.3 Å². The van der Waals surface area contributed by atoms with Gasteiger partial charge in [0.05, 0.1) is 19.8 Å². The lowest BCUT2D eigenvalue weighted by Crippen LogP contribution is -2.04. The van der Waals surface area contributed by atoms with Crippen LogP contribution in [0.2, 0.25) is 0 Å². The number of carbonyl (C=O) groups excluding carboxylic acids is 2. The second-order valence-corrected chi connectivity index (χ2v) is 3.00. The van der Waals surface area contributed by atoms with Crippen LogP contribution in [0.5, 0.6) is 5.75 Å². The normalized spacial score (nSPS) is 9.53. The molecule has 15 heavy (non-hydrogen) atoms. The van der Waals surface area contributed by atoms with Crippen molar-refractivity contribution in [3.63, 3.8) is 0 Å². The summed E-state index contributed by atoms with van der Waals surface area (Å²) in [4.78, 5) is 22.4. The Bertz CT molecular complexity index is 396. The van der Waals surface area contributed by atoms with Crippen molar-refractivity contribution in [1.82, 2.24) is 0 Å². The molecule has 0 spiro atoms. The van der Waals surface area contributed by atoms with Gasteiger partial charge in [0, 0.05) is 5.56 Å². The van der Waals surface area contributed by atoms with E-state index in [1.165, 1.54) is 33.3 Å². The standard InChI is InChI=1S/C11H12O4/c1-7(12)8-4-9(11(13)15-3)6-10(5-8)14-2/h4-6H,1-3H3. The summed E-state index contributed by atoms with van der Waals surface area (Å²) in [5.74, 6) is -0.154. The Kier molecular flexibility index (Phi) is 3.44. The van der Waals surface area contributed by atoms with Crippen LogP contribution in [0.3, 0.4) is 0 Å². The second-order valence-electron chi connectivity index (χ2n) is 3.00. The van der Waals surface area contributed by atoms with Gasteiger partial charge in [-0.15, -0.1) is 0 Å². The summed E-state index contributed by atoms with van der Waals surface area (Å²) in [6.07, 6.45) is 0. The van der Waals surface area contributed by atoms with Crippen LogP contribution in [-0.2, 0) is 4.74 Å². The van der Waals surface area contributed by atoms with Gasteiger partial charge in [-0.3, -0.25) is 4.79 Å². The second kappa shape index (κ2) is 4.59. The van der Waals surface area contributed by atoms with E-state index in [4.69, 9.17) is 4.74 Å². The lowest BCUT2D eigenvalue weighted by molar-refractivity contribution is 0.0600. The first kappa shape index (κ1) is 11.2. The minimum atomic E-state index is -0.489. The third kappa shape index (κ3) is 2.56. The summed E-state index contributed by atoms with van der Waals surface area (Å²) >= 11 is 0. The molecule has 0 aliphatic heterocycles. The monoisotopic (exact) mass is 208 g/mol. The predicted molar refractivity (Wildman–Crippen MR) is 54.3 cm³/mol. The number of ether oxygens (including phenoxy) is 2. The molecule has 0 fully saturated rings. The molecule has 0 aromatic heterocycles. The predicted octanol–water partition coefficient (Wildman–Crippen LogP) is 1.68. The molecule has 0 aliphatic rings. The Morgan fingerprint density at radius 1 is 1.07 bits per heavy atom. The highest BCUT2D eigenvalue weighted by Crippen LogP contribution is 2.18. The first-order valence-corrected chi connectivity index (χ1v) is 4.37. The van der Waals surface area contributed by atoms with Crippen molar-refractivity contribution in [1.29, 1.82) is 0 Å². The molecule has 0 atom stereocenters. The molecule has 0 saturated heterocycles. The fraction of sp³-hybridized carbons (Fsp3) is 0.273. The van der Waals surface area contributed by atoms with E-state index in [1.54, 1.807) is 6.07 Å². The Morgan fingerprint density at radius 3 is 2.13 bits per heavy atom. The van der Waals surface area contributed by atoms with Gasteiger partial charge in [-0.05, 0) is 25.1 Å². The Balaban J connectivity index is 3.23. The van der Waals surface area contributed by atoms with Gasteiger partial charge in [0.1, 0.15) is 5.75 Å². The molecule has 4 nitrogen and oxygen atoms in total. The topological polar surface area (TPSA) is 52.6 Å². The van der Waals surface area contributed by atoms with Gasteiger partial charge in [0.25, 0.3) is 0 Å². The van der Waals surface area contributed by atoms with Gasteiger partial charge in [-0.2, -0.15) is 0 Å². The van der Waals surface area contributed by atoms with Crippen LogP contribution in [0.15, 0.2) is 18.2 Å². The van der Waals surface area contributed by atoms with Crippen LogP contribution in [-0.4, -0.2) is 26.0 Å². The molecule has 0 saturated carbocycles. The molecule has 0 N–H and O–H groups in total. The quantitative estimate of drug-likeness (QED) is 0.560. The molecule has 80 valence electrons. The van der Waals surface area contributed by atoms with E-state index in [0.717, 1.165) is 0 Å². The minimum Gasteiger partial charge on any atom is -0.497 e. The molecule has 0 radical (unpaired) electrons. The van der Waals surface area contributed by atoms with E-state index in [-0.39, 0.29) is 5.78 Å². The third-order valence-corrected chi connectivity index (χ3v) is 1.97. The maximum absolute atomic E-state index is 11.3. The van der Waals surface area contributed by atoms with Crippen LogP contribution in [0.4, 0.5) is 0 Å². The number of carbonyl (C=O) groups is 2. The number of Topliss-reactive ketones (excluding diaryl/α,β-unsaturated/α-hetero) is 1. The molecular formula is C11H12O4. The molecule has 0 amide bonds. The van der Waals surface area contributed by atoms with E-state index < -0.39 is 5.97 Å². The maximum atomic E-state index is 11.3. The van der Waals surface area contributed by atoms with Crippen molar-refractivity contribution in [3.8, 4) is 5.75 Å². The van der Waals surface area contributed by atoms with Gasteiger partial charge >= 0.3 is 5.97 Å². The van der Waals surface area contributed by atoms with Gasteiger partial charge in [-0.1, -0.05) is 0 Å². The average molecular weight is 208 g/mol. The number of methoxy groups -OCH3 is 2. The molecule has 1 rings (SSSR count). The highest BCUT2D eigenvalue weighted by atomic mass is 16.5. The van der Waals surface area contributed by atoms with E-state index in [0.29, 0.717) is 16.9 Å². The fourth-order valence-electron chi connectivity index (χ4n) is 1.16. The molecular weight excluding hydrogens is 196 g/mol. The summed E-state index contributed by atoms with van der Waals surface area (Å²) in [5.41, 5.74) is 0.733. The fourth-order valence-corrected chi connectivity index (χ4v) is 1.16. The summed E-state index contributed by atoms with van der Waals surface area (Å²) in [5, 5.41) is 0. The van der Waals surface area contributed by atoms with Crippen molar-refractivity contribution >= 4 is 11.8 Å². The number of esters is 1. The highest BCUT2D eigenvalue weighted by Gasteiger charge is 2.11. The number of rotatable bonds is 3. The van der Waals surface area contributed by atoms with E-state index in [9.17, 15) is 9.59 Å². The van der Waals surface area contributed by atoms with E-state index in [2.05, 4.69) is 4.74 Å².